The third kappa shape index (κ3) is 2.63. The normalized spacial score (nSPS) is 12.5. The maximum Gasteiger partial charge on any atom is 0.234 e. The van der Waals surface area contributed by atoms with Gasteiger partial charge in [-0.15, -0.1) is 0 Å². The lowest BCUT2D eigenvalue weighted by molar-refractivity contribution is -0.119. The molecule has 0 saturated carbocycles. The van der Waals surface area contributed by atoms with E-state index in [0.29, 0.717) is 6.42 Å². The van der Waals surface area contributed by atoms with Gasteiger partial charge in [-0.3, -0.25) is 4.79 Å². The van der Waals surface area contributed by atoms with Gasteiger partial charge in [-0.05, 0) is 29.8 Å². The summed E-state index contributed by atoms with van der Waals surface area (Å²) in [6, 6.07) is 14.1. The van der Waals surface area contributed by atoms with Gasteiger partial charge in [-0.25, -0.2) is 0 Å². The fourth-order valence-corrected chi connectivity index (χ4v) is 1.95. The number of rotatable bonds is 4. The van der Waals surface area contributed by atoms with E-state index in [-0.39, 0.29) is 11.9 Å². The number of nitrogens with two attached hydrogens (primary N) is 1. The first-order chi connectivity index (χ1) is 8.20. The van der Waals surface area contributed by atoms with Crippen molar-refractivity contribution in [2.24, 2.45) is 5.73 Å². The largest absolute Gasteiger partial charge is 0.368 e. The smallest absolute Gasteiger partial charge is 0.234 e. The second-order valence-electron chi connectivity index (χ2n) is 4.13. The van der Waals surface area contributed by atoms with Crippen LogP contribution >= 0.6 is 0 Å². The molecule has 3 heteroatoms. The van der Waals surface area contributed by atoms with Crippen molar-refractivity contribution in [3.63, 3.8) is 0 Å². The molecule has 0 spiro atoms. The van der Waals surface area contributed by atoms with E-state index in [1.165, 1.54) is 10.8 Å². The fraction of sp³-hybridized carbons (Fsp3) is 0.214. The monoisotopic (exact) mass is 228 g/mol. The molecule has 88 valence electrons. The molecule has 0 saturated heterocycles. The SMILES string of the molecule is CN[C@@H](Cc1ccc2ccccc2c1)C(N)=O. The maximum atomic E-state index is 11.2. The number of benzene rings is 2. The summed E-state index contributed by atoms with van der Waals surface area (Å²) in [4.78, 5) is 11.2. The summed E-state index contributed by atoms with van der Waals surface area (Å²) in [5.41, 5.74) is 6.42. The Labute approximate surface area is 101 Å². The quantitative estimate of drug-likeness (QED) is 0.832. The van der Waals surface area contributed by atoms with Gasteiger partial charge in [0.25, 0.3) is 0 Å². The Morgan fingerprint density at radius 1 is 1.24 bits per heavy atom. The first-order valence-electron chi connectivity index (χ1n) is 5.65. The molecule has 0 aliphatic rings. The Morgan fingerprint density at radius 2 is 1.94 bits per heavy atom. The minimum Gasteiger partial charge on any atom is -0.368 e. The number of carbonyl (C=O) groups is 1. The van der Waals surface area contributed by atoms with Crippen LogP contribution in [0.25, 0.3) is 10.8 Å². The highest BCUT2D eigenvalue weighted by Crippen LogP contribution is 2.16. The maximum absolute atomic E-state index is 11.2. The summed E-state index contributed by atoms with van der Waals surface area (Å²) in [6.45, 7) is 0. The zero-order valence-electron chi connectivity index (χ0n) is 9.81. The molecule has 3 N–H and O–H groups in total. The van der Waals surface area contributed by atoms with Gasteiger partial charge in [0.15, 0.2) is 0 Å². The van der Waals surface area contributed by atoms with Crippen LogP contribution in [0.15, 0.2) is 42.5 Å². The molecule has 0 radical (unpaired) electrons. The highest BCUT2D eigenvalue weighted by molar-refractivity contribution is 5.84. The van der Waals surface area contributed by atoms with Crippen LogP contribution < -0.4 is 11.1 Å². The topological polar surface area (TPSA) is 55.1 Å². The molecule has 0 heterocycles. The predicted molar refractivity (Wildman–Crippen MR) is 69.7 cm³/mol. The molecule has 1 amide bonds. The Bertz CT molecular complexity index is 536. The van der Waals surface area contributed by atoms with Crippen molar-refractivity contribution in [2.75, 3.05) is 7.05 Å². The molecule has 0 bridgehead atoms. The lowest BCUT2D eigenvalue weighted by atomic mass is 10.0. The first kappa shape index (κ1) is 11.6. The van der Waals surface area contributed by atoms with E-state index >= 15 is 0 Å². The van der Waals surface area contributed by atoms with Gasteiger partial charge in [-0.2, -0.15) is 0 Å². The van der Waals surface area contributed by atoms with Crippen molar-refractivity contribution < 1.29 is 4.79 Å². The Hall–Kier alpha value is -1.87. The molecule has 0 fully saturated rings. The summed E-state index contributed by atoms with van der Waals surface area (Å²) in [5.74, 6) is -0.319. The molecule has 0 unspecified atom stereocenters. The van der Waals surface area contributed by atoms with Crippen molar-refractivity contribution >= 4 is 16.7 Å². The minimum atomic E-state index is -0.319. The molecule has 0 aromatic heterocycles. The zero-order valence-corrected chi connectivity index (χ0v) is 9.81. The summed E-state index contributed by atoms with van der Waals surface area (Å²) >= 11 is 0. The average Bonchev–Trinajstić information content (AvgIpc) is 2.35. The number of carbonyl (C=O) groups excluding carboxylic acids is 1. The van der Waals surface area contributed by atoms with Gasteiger partial charge in [0, 0.05) is 0 Å². The summed E-state index contributed by atoms with van der Waals surface area (Å²) in [7, 11) is 1.75. The second-order valence-corrected chi connectivity index (χ2v) is 4.13. The molecular weight excluding hydrogens is 212 g/mol. The number of primary amides is 1. The Kier molecular flexibility index (Phi) is 3.40. The second kappa shape index (κ2) is 4.97. The molecule has 2 aromatic rings. The van der Waals surface area contributed by atoms with Crippen LogP contribution in [0.4, 0.5) is 0 Å². The Balaban J connectivity index is 2.27. The van der Waals surface area contributed by atoms with Crippen LogP contribution in [0.3, 0.4) is 0 Å². The molecule has 0 aliphatic heterocycles. The summed E-state index contributed by atoms with van der Waals surface area (Å²) in [6.07, 6.45) is 0.622. The van der Waals surface area contributed by atoms with Crippen molar-refractivity contribution in [1.82, 2.24) is 5.32 Å². The van der Waals surface area contributed by atoms with Crippen LogP contribution in [0.2, 0.25) is 0 Å². The molecule has 0 aliphatic carbocycles. The molecule has 2 aromatic carbocycles. The minimum absolute atomic E-state index is 0.309. The van der Waals surface area contributed by atoms with Crippen molar-refractivity contribution in [2.45, 2.75) is 12.5 Å². The number of fused-ring (bicyclic) bond motifs is 1. The lowest BCUT2D eigenvalue weighted by Gasteiger charge is -2.12. The number of likely N-dealkylation sites (N-methyl/N-ethyl adjacent to an activating group) is 1. The van der Waals surface area contributed by atoms with Crippen LogP contribution in [-0.4, -0.2) is 19.0 Å². The fourth-order valence-electron chi connectivity index (χ4n) is 1.95. The van der Waals surface area contributed by atoms with Gasteiger partial charge in [0.1, 0.15) is 0 Å². The number of hydrogen-bond donors (Lipinski definition) is 2. The molecule has 2 rings (SSSR count). The van der Waals surface area contributed by atoms with Crippen LogP contribution in [-0.2, 0) is 11.2 Å². The van der Waals surface area contributed by atoms with Crippen molar-refractivity contribution in [1.29, 1.82) is 0 Å². The summed E-state index contributed by atoms with van der Waals surface area (Å²) in [5, 5.41) is 5.31. The lowest BCUT2D eigenvalue weighted by Crippen LogP contribution is -2.40. The first-order valence-corrected chi connectivity index (χ1v) is 5.65. The van der Waals surface area contributed by atoms with E-state index in [2.05, 4.69) is 29.6 Å². The highest BCUT2D eigenvalue weighted by Gasteiger charge is 2.13. The average molecular weight is 228 g/mol. The van der Waals surface area contributed by atoms with Crippen LogP contribution in [0, 0.1) is 0 Å². The molecular formula is C14H16N2O. The summed E-state index contributed by atoms with van der Waals surface area (Å²) < 4.78 is 0. The van der Waals surface area contributed by atoms with Gasteiger partial charge in [0.05, 0.1) is 6.04 Å². The van der Waals surface area contributed by atoms with E-state index in [4.69, 9.17) is 5.73 Å². The standard InChI is InChI=1S/C14H16N2O/c1-16-13(14(15)17)9-10-6-7-11-4-2-3-5-12(11)8-10/h2-8,13,16H,9H2,1H3,(H2,15,17)/t13-/m0/s1. The Morgan fingerprint density at radius 3 is 2.59 bits per heavy atom. The van der Waals surface area contributed by atoms with Gasteiger partial charge < -0.3 is 11.1 Å². The van der Waals surface area contributed by atoms with Gasteiger partial charge in [0.2, 0.25) is 5.91 Å². The van der Waals surface area contributed by atoms with Crippen LogP contribution in [0.5, 0.6) is 0 Å². The van der Waals surface area contributed by atoms with Crippen LogP contribution in [0.1, 0.15) is 5.56 Å². The van der Waals surface area contributed by atoms with E-state index in [9.17, 15) is 4.79 Å². The van der Waals surface area contributed by atoms with E-state index in [1.807, 2.05) is 18.2 Å². The third-order valence-corrected chi connectivity index (χ3v) is 2.95. The van der Waals surface area contributed by atoms with Gasteiger partial charge >= 0.3 is 0 Å². The molecule has 3 nitrogen and oxygen atoms in total. The van der Waals surface area contributed by atoms with Crippen molar-refractivity contribution in [3.05, 3.63) is 48.0 Å². The molecule has 1 atom stereocenters. The van der Waals surface area contributed by atoms with E-state index < -0.39 is 0 Å². The highest BCUT2D eigenvalue weighted by atomic mass is 16.1. The predicted octanol–water partition coefficient (Wildman–Crippen LogP) is 1.46. The molecule has 17 heavy (non-hydrogen) atoms. The van der Waals surface area contributed by atoms with Gasteiger partial charge in [-0.1, -0.05) is 42.5 Å². The van der Waals surface area contributed by atoms with E-state index in [0.717, 1.165) is 5.56 Å². The number of amides is 1. The third-order valence-electron chi connectivity index (χ3n) is 2.95. The van der Waals surface area contributed by atoms with Crippen molar-refractivity contribution in [3.8, 4) is 0 Å². The number of hydrogen-bond acceptors (Lipinski definition) is 2. The number of nitrogens with one attached hydrogen (secondary N) is 1. The van der Waals surface area contributed by atoms with E-state index in [1.54, 1.807) is 7.05 Å². The zero-order chi connectivity index (χ0) is 12.3.